The molecular formula is C15H20F3N. The van der Waals surface area contributed by atoms with E-state index in [2.05, 4.69) is 19.2 Å². The van der Waals surface area contributed by atoms with Crippen molar-refractivity contribution in [3.63, 3.8) is 0 Å². The summed E-state index contributed by atoms with van der Waals surface area (Å²) in [5.74, 6) is -1.67. The summed E-state index contributed by atoms with van der Waals surface area (Å²) in [6.45, 7) is 4.64. The van der Waals surface area contributed by atoms with Gasteiger partial charge in [0.15, 0.2) is 11.6 Å². The zero-order valence-corrected chi connectivity index (χ0v) is 11.3. The highest BCUT2D eigenvalue weighted by Gasteiger charge is 2.26. The van der Waals surface area contributed by atoms with E-state index in [0.717, 1.165) is 18.9 Å². The molecule has 1 fully saturated rings. The molecule has 0 heterocycles. The number of benzene rings is 1. The zero-order chi connectivity index (χ0) is 14.0. The highest BCUT2D eigenvalue weighted by Crippen LogP contribution is 2.29. The number of hydrogen-bond donors (Lipinski definition) is 1. The van der Waals surface area contributed by atoms with Crippen molar-refractivity contribution in [2.45, 2.75) is 45.7 Å². The van der Waals surface area contributed by atoms with Gasteiger partial charge in [-0.1, -0.05) is 26.7 Å². The van der Waals surface area contributed by atoms with Crippen molar-refractivity contribution >= 4 is 0 Å². The molecule has 0 spiro atoms. The van der Waals surface area contributed by atoms with Crippen LogP contribution in [0, 0.1) is 29.3 Å². The van der Waals surface area contributed by atoms with Gasteiger partial charge in [0.1, 0.15) is 5.82 Å². The fraction of sp³-hybridized carbons (Fsp3) is 0.600. The average molecular weight is 271 g/mol. The van der Waals surface area contributed by atoms with Gasteiger partial charge in [-0.2, -0.15) is 0 Å². The molecule has 4 heteroatoms. The van der Waals surface area contributed by atoms with Crippen LogP contribution in [0.2, 0.25) is 0 Å². The Bertz CT molecular complexity index is 447. The van der Waals surface area contributed by atoms with Crippen LogP contribution in [0.3, 0.4) is 0 Å². The standard InChI is InChI=1S/C15H20F3N/c1-9-4-3-5-15(10(9)2)19-8-11-6-13(17)14(18)7-12(11)16/h6-7,9-10,15,19H,3-5,8H2,1-2H3. The molecule has 1 N–H and O–H groups in total. The van der Waals surface area contributed by atoms with E-state index < -0.39 is 17.5 Å². The first kappa shape index (κ1) is 14.4. The number of nitrogens with one attached hydrogen (secondary N) is 1. The number of halogens is 3. The van der Waals surface area contributed by atoms with Crippen LogP contribution in [0.1, 0.15) is 38.7 Å². The Kier molecular flexibility index (Phi) is 4.50. The Morgan fingerprint density at radius 1 is 1.05 bits per heavy atom. The van der Waals surface area contributed by atoms with Crippen molar-refractivity contribution in [3.05, 3.63) is 35.1 Å². The molecule has 19 heavy (non-hydrogen) atoms. The normalized spacial score (nSPS) is 27.5. The lowest BCUT2D eigenvalue weighted by Crippen LogP contribution is -2.40. The van der Waals surface area contributed by atoms with E-state index in [1.54, 1.807) is 0 Å². The lowest BCUT2D eigenvalue weighted by Gasteiger charge is -2.34. The molecule has 1 aliphatic rings. The number of rotatable bonds is 3. The van der Waals surface area contributed by atoms with Crippen LogP contribution >= 0.6 is 0 Å². The minimum atomic E-state index is -1.14. The van der Waals surface area contributed by atoms with E-state index in [-0.39, 0.29) is 12.1 Å². The molecule has 0 radical (unpaired) electrons. The summed E-state index contributed by atoms with van der Waals surface area (Å²) < 4.78 is 39.4. The quantitative estimate of drug-likeness (QED) is 0.819. The van der Waals surface area contributed by atoms with Crippen molar-refractivity contribution < 1.29 is 13.2 Å². The minimum absolute atomic E-state index is 0.185. The molecule has 3 unspecified atom stereocenters. The van der Waals surface area contributed by atoms with Gasteiger partial charge in [0.2, 0.25) is 0 Å². The maximum absolute atomic E-state index is 13.5. The molecule has 0 bridgehead atoms. The summed E-state index contributed by atoms with van der Waals surface area (Å²) in [5, 5.41) is 3.28. The van der Waals surface area contributed by atoms with E-state index in [1.807, 2.05) is 0 Å². The van der Waals surface area contributed by atoms with E-state index in [0.29, 0.717) is 23.9 Å². The van der Waals surface area contributed by atoms with Crippen molar-refractivity contribution in [1.82, 2.24) is 5.32 Å². The van der Waals surface area contributed by atoms with Crippen LogP contribution in [0.5, 0.6) is 0 Å². The fourth-order valence-electron chi connectivity index (χ4n) is 2.81. The predicted octanol–water partition coefficient (Wildman–Crippen LogP) is 4.02. The maximum atomic E-state index is 13.5. The van der Waals surface area contributed by atoms with Gasteiger partial charge in [-0.25, -0.2) is 13.2 Å². The summed E-state index contributed by atoms with van der Waals surface area (Å²) in [5.41, 5.74) is 0.185. The molecule has 1 saturated carbocycles. The molecule has 0 saturated heterocycles. The third-order valence-electron chi connectivity index (χ3n) is 4.35. The van der Waals surface area contributed by atoms with Crippen LogP contribution in [0.25, 0.3) is 0 Å². The van der Waals surface area contributed by atoms with E-state index in [4.69, 9.17) is 0 Å². The van der Waals surface area contributed by atoms with Crippen molar-refractivity contribution in [2.75, 3.05) is 0 Å². The highest BCUT2D eigenvalue weighted by molar-refractivity contribution is 5.20. The van der Waals surface area contributed by atoms with Crippen LogP contribution in [0.15, 0.2) is 12.1 Å². The van der Waals surface area contributed by atoms with Gasteiger partial charge in [-0.15, -0.1) is 0 Å². The Hall–Kier alpha value is -1.03. The van der Waals surface area contributed by atoms with Crippen molar-refractivity contribution in [3.8, 4) is 0 Å². The third kappa shape index (κ3) is 3.30. The summed E-state index contributed by atoms with van der Waals surface area (Å²) in [6, 6.07) is 1.87. The Morgan fingerprint density at radius 2 is 1.74 bits per heavy atom. The molecule has 1 nitrogen and oxygen atoms in total. The summed E-state index contributed by atoms with van der Waals surface area (Å²) >= 11 is 0. The Morgan fingerprint density at radius 3 is 2.47 bits per heavy atom. The smallest absolute Gasteiger partial charge is 0.161 e. The van der Waals surface area contributed by atoms with Gasteiger partial charge in [0.05, 0.1) is 0 Å². The first-order chi connectivity index (χ1) is 8.99. The Balaban J connectivity index is 2.00. The number of hydrogen-bond acceptors (Lipinski definition) is 1. The van der Waals surface area contributed by atoms with Crippen molar-refractivity contribution in [2.24, 2.45) is 11.8 Å². The molecule has 106 valence electrons. The SMILES string of the molecule is CC1CCCC(NCc2cc(F)c(F)cc2F)C1C. The van der Waals surface area contributed by atoms with Gasteiger partial charge >= 0.3 is 0 Å². The Labute approximate surface area is 112 Å². The first-order valence-electron chi connectivity index (χ1n) is 6.86. The van der Waals surface area contributed by atoms with Gasteiger partial charge in [0.25, 0.3) is 0 Å². The van der Waals surface area contributed by atoms with E-state index >= 15 is 0 Å². The first-order valence-corrected chi connectivity index (χ1v) is 6.86. The second-order valence-electron chi connectivity index (χ2n) is 5.61. The molecule has 0 aliphatic heterocycles. The largest absolute Gasteiger partial charge is 0.310 e. The van der Waals surface area contributed by atoms with Crippen LogP contribution in [0.4, 0.5) is 13.2 Å². The molecule has 1 aromatic rings. The molecule has 1 aliphatic carbocycles. The lowest BCUT2D eigenvalue weighted by molar-refractivity contribution is 0.205. The van der Waals surface area contributed by atoms with E-state index in [1.165, 1.54) is 6.42 Å². The van der Waals surface area contributed by atoms with Gasteiger partial charge in [0, 0.05) is 24.2 Å². The van der Waals surface area contributed by atoms with Gasteiger partial charge in [-0.3, -0.25) is 0 Å². The maximum Gasteiger partial charge on any atom is 0.161 e. The molecule has 0 amide bonds. The molecular weight excluding hydrogens is 251 g/mol. The lowest BCUT2D eigenvalue weighted by atomic mass is 9.78. The van der Waals surface area contributed by atoms with Crippen LogP contribution in [-0.2, 0) is 6.54 Å². The fourth-order valence-corrected chi connectivity index (χ4v) is 2.81. The second kappa shape index (κ2) is 5.95. The van der Waals surface area contributed by atoms with Crippen LogP contribution < -0.4 is 5.32 Å². The molecule has 2 rings (SSSR count). The van der Waals surface area contributed by atoms with Gasteiger partial charge < -0.3 is 5.32 Å². The van der Waals surface area contributed by atoms with Gasteiger partial charge in [-0.05, 0) is 24.3 Å². The summed E-state index contributed by atoms with van der Waals surface area (Å²) in [7, 11) is 0. The van der Waals surface area contributed by atoms with Crippen LogP contribution in [-0.4, -0.2) is 6.04 Å². The zero-order valence-electron chi connectivity index (χ0n) is 11.3. The summed E-state index contributed by atoms with van der Waals surface area (Å²) in [4.78, 5) is 0. The molecule has 3 atom stereocenters. The average Bonchev–Trinajstić information content (AvgIpc) is 2.37. The predicted molar refractivity (Wildman–Crippen MR) is 69.1 cm³/mol. The third-order valence-corrected chi connectivity index (χ3v) is 4.35. The molecule has 1 aromatic carbocycles. The minimum Gasteiger partial charge on any atom is -0.310 e. The van der Waals surface area contributed by atoms with E-state index in [9.17, 15) is 13.2 Å². The molecule has 0 aromatic heterocycles. The highest BCUT2D eigenvalue weighted by atomic mass is 19.2. The monoisotopic (exact) mass is 271 g/mol. The van der Waals surface area contributed by atoms with Crippen molar-refractivity contribution in [1.29, 1.82) is 0 Å². The summed E-state index contributed by atoms with van der Waals surface area (Å²) in [6.07, 6.45) is 3.43. The second-order valence-corrected chi connectivity index (χ2v) is 5.61. The topological polar surface area (TPSA) is 12.0 Å².